The molecule has 0 aliphatic carbocycles. The summed E-state index contributed by atoms with van der Waals surface area (Å²) in [4.78, 5) is 11.9. The number of rotatable bonds is 4. The number of benzene rings is 2. The summed E-state index contributed by atoms with van der Waals surface area (Å²) < 4.78 is 28.4. The Labute approximate surface area is 172 Å². The SMILES string of the molecule is CNCCC1CNc2ccccc2[C@@]12SC(c1cc(F)ccc1F)=NN2C(C)=O. The second-order valence-corrected chi connectivity index (χ2v) is 8.39. The number of amides is 1. The lowest BCUT2D eigenvalue weighted by molar-refractivity contribution is -0.133. The molecule has 2 atom stereocenters. The van der Waals surface area contributed by atoms with Crippen LogP contribution in [0.4, 0.5) is 14.5 Å². The fraction of sp³-hybridized carbons (Fsp3) is 0.333. The maximum absolute atomic E-state index is 14.5. The normalized spacial score (nSPS) is 23.0. The quantitative estimate of drug-likeness (QED) is 0.798. The molecule has 0 saturated carbocycles. The first-order valence-electron chi connectivity index (χ1n) is 9.49. The first-order chi connectivity index (χ1) is 14.0. The molecule has 2 aliphatic heterocycles. The van der Waals surface area contributed by atoms with E-state index in [1.807, 2.05) is 31.3 Å². The van der Waals surface area contributed by atoms with Crippen molar-refractivity contribution in [2.45, 2.75) is 18.2 Å². The van der Waals surface area contributed by atoms with Gasteiger partial charge in [0.05, 0.1) is 0 Å². The summed E-state index contributed by atoms with van der Waals surface area (Å²) in [6.07, 6.45) is 0.781. The number of carbonyl (C=O) groups is 1. The van der Waals surface area contributed by atoms with Crippen molar-refractivity contribution in [3.63, 3.8) is 0 Å². The summed E-state index contributed by atoms with van der Waals surface area (Å²) in [5.74, 6) is -1.34. The minimum absolute atomic E-state index is 0.0108. The van der Waals surface area contributed by atoms with E-state index in [1.165, 1.54) is 23.7 Å². The summed E-state index contributed by atoms with van der Waals surface area (Å²) in [5.41, 5.74) is 1.91. The predicted octanol–water partition coefficient (Wildman–Crippen LogP) is 3.73. The molecule has 5 nitrogen and oxygen atoms in total. The molecule has 152 valence electrons. The van der Waals surface area contributed by atoms with Gasteiger partial charge < -0.3 is 10.6 Å². The Morgan fingerprint density at radius 3 is 2.90 bits per heavy atom. The molecule has 1 unspecified atom stereocenters. The zero-order valence-corrected chi connectivity index (χ0v) is 17.0. The first kappa shape index (κ1) is 19.8. The number of nitrogens with zero attached hydrogens (tertiary/aromatic N) is 2. The smallest absolute Gasteiger partial charge is 0.241 e. The molecule has 0 saturated heterocycles. The minimum Gasteiger partial charge on any atom is -0.384 e. The second kappa shape index (κ2) is 7.76. The van der Waals surface area contributed by atoms with Crippen molar-refractivity contribution in [1.82, 2.24) is 10.3 Å². The van der Waals surface area contributed by atoms with E-state index in [0.29, 0.717) is 11.6 Å². The predicted molar refractivity (Wildman–Crippen MR) is 112 cm³/mol. The Morgan fingerprint density at radius 1 is 1.34 bits per heavy atom. The number of halogens is 2. The van der Waals surface area contributed by atoms with Crippen LogP contribution in [0.25, 0.3) is 0 Å². The molecular weight excluding hydrogens is 394 g/mol. The van der Waals surface area contributed by atoms with Crippen LogP contribution < -0.4 is 10.6 Å². The average molecular weight is 416 g/mol. The molecule has 0 bridgehead atoms. The van der Waals surface area contributed by atoms with E-state index in [9.17, 15) is 13.6 Å². The number of hydrogen-bond acceptors (Lipinski definition) is 5. The molecule has 1 amide bonds. The van der Waals surface area contributed by atoms with Gasteiger partial charge in [-0.05, 0) is 44.3 Å². The largest absolute Gasteiger partial charge is 0.384 e. The molecule has 4 rings (SSSR count). The topological polar surface area (TPSA) is 56.7 Å². The van der Waals surface area contributed by atoms with Crippen LogP contribution >= 0.6 is 11.8 Å². The summed E-state index contributed by atoms with van der Waals surface area (Å²) >= 11 is 1.33. The van der Waals surface area contributed by atoms with Gasteiger partial charge in [-0.15, -0.1) is 0 Å². The van der Waals surface area contributed by atoms with Crippen LogP contribution in [-0.2, 0) is 9.67 Å². The van der Waals surface area contributed by atoms with Crippen LogP contribution in [0.15, 0.2) is 47.6 Å². The van der Waals surface area contributed by atoms with Crippen molar-refractivity contribution >= 4 is 28.4 Å². The van der Waals surface area contributed by atoms with Crippen molar-refractivity contribution in [3.05, 3.63) is 65.2 Å². The van der Waals surface area contributed by atoms with Gasteiger partial charge in [-0.1, -0.05) is 30.0 Å². The van der Waals surface area contributed by atoms with Crippen LogP contribution in [0.3, 0.4) is 0 Å². The zero-order chi connectivity index (χ0) is 20.6. The molecule has 2 aromatic carbocycles. The van der Waals surface area contributed by atoms with Crippen LogP contribution in [0, 0.1) is 17.6 Å². The van der Waals surface area contributed by atoms with E-state index < -0.39 is 16.5 Å². The van der Waals surface area contributed by atoms with E-state index in [4.69, 9.17) is 0 Å². The van der Waals surface area contributed by atoms with Gasteiger partial charge in [-0.2, -0.15) is 5.10 Å². The van der Waals surface area contributed by atoms with E-state index in [1.54, 1.807) is 0 Å². The van der Waals surface area contributed by atoms with Crippen molar-refractivity contribution in [3.8, 4) is 0 Å². The first-order valence-corrected chi connectivity index (χ1v) is 10.3. The molecule has 0 fully saturated rings. The fourth-order valence-electron chi connectivity index (χ4n) is 4.03. The van der Waals surface area contributed by atoms with Crippen LogP contribution in [0.2, 0.25) is 0 Å². The zero-order valence-electron chi connectivity index (χ0n) is 16.2. The van der Waals surface area contributed by atoms with Gasteiger partial charge in [0.2, 0.25) is 5.91 Å². The third-order valence-corrected chi connectivity index (χ3v) is 6.90. The Hall–Kier alpha value is -2.45. The Balaban J connectivity index is 1.87. The Kier molecular flexibility index (Phi) is 5.31. The molecule has 2 heterocycles. The standard InChI is InChI=1S/C21H22F2N4OS/c1-13(28)27-21(29-20(26-27)16-11-15(22)7-8-18(16)23)14(9-10-24-2)12-25-19-6-4-3-5-17(19)21/h3-8,11,14,24-25H,9-10,12H2,1-2H3/t14?,21-/m0/s1. The number of para-hydroxylation sites is 1. The van der Waals surface area contributed by atoms with Crippen molar-refractivity contribution in [1.29, 1.82) is 0 Å². The number of nitrogens with one attached hydrogen (secondary N) is 2. The van der Waals surface area contributed by atoms with Gasteiger partial charge in [0.15, 0.2) is 0 Å². The lowest BCUT2D eigenvalue weighted by atomic mass is 9.84. The fourth-order valence-corrected chi connectivity index (χ4v) is 5.63. The lowest BCUT2D eigenvalue weighted by Crippen LogP contribution is -2.51. The number of thioether (sulfide) groups is 1. The number of hydrogen-bond donors (Lipinski definition) is 2. The second-order valence-electron chi connectivity index (χ2n) is 7.17. The van der Waals surface area contributed by atoms with Crippen LogP contribution in [0.1, 0.15) is 24.5 Å². The Morgan fingerprint density at radius 2 is 2.14 bits per heavy atom. The van der Waals surface area contributed by atoms with Crippen molar-refractivity contribution < 1.29 is 13.6 Å². The summed E-state index contributed by atoms with van der Waals surface area (Å²) in [5, 5.41) is 12.9. The monoisotopic (exact) mass is 416 g/mol. The molecule has 2 N–H and O–H groups in total. The summed E-state index contributed by atoms with van der Waals surface area (Å²) in [7, 11) is 1.88. The third-order valence-electron chi connectivity index (χ3n) is 5.36. The molecule has 1 spiro atoms. The highest BCUT2D eigenvalue weighted by atomic mass is 32.2. The molecule has 2 aliphatic rings. The molecule has 2 aromatic rings. The highest BCUT2D eigenvalue weighted by molar-refractivity contribution is 8.15. The lowest BCUT2D eigenvalue weighted by Gasteiger charge is -2.46. The Bertz CT molecular complexity index is 983. The van der Waals surface area contributed by atoms with Crippen molar-refractivity contribution in [2.75, 3.05) is 25.5 Å². The van der Waals surface area contributed by atoms with E-state index in [2.05, 4.69) is 15.7 Å². The molecule has 29 heavy (non-hydrogen) atoms. The van der Waals surface area contributed by atoms with Gasteiger partial charge >= 0.3 is 0 Å². The third kappa shape index (κ3) is 3.30. The maximum Gasteiger partial charge on any atom is 0.241 e. The number of hydrazone groups is 1. The van der Waals surface area contributed by atoms with Crippen LogP contribution in [0.5, 0.6) is 0 Å². The minimum atomic E-state index is -0.821. The maximum atomic E-state index is 14.5. The van der Waals surface area contributed by atoms with Crippen LogP contribution in [-0.4, -0.2) is 36.1 Å². The van der Waals surface area contributed by atoms with E-state index in [0.717, 1.165) is 42.4 Å². The molecule has 0 radical (unpaired) electrons. The number of carbonyl (C=O) groups excluding carboxylic acids is 1. The van der Waals surface area contributed by atoms with Gasteiger partial charge in [0, 0.05) is 36.2 Å². The summed E-state index contributed by atoms with van der Waals surface area (Å²) in [6.45, 7) is 2.85. The average Bonchev–Trinajstić information content (AvgIpc) is 3.11. The van der Waals surface area contributed by atoms with Gasteiger partial charge in [-0.25, -0.2) is 13.8 Å². The molecule has 8 heteroatoms. The van der Waals surface area contributed by atoms with E-state index >= 15 is 0 Å². The van der Waals surface area contributed by atoms with Gasteiger partial charge in [0.25, 0.3) is 0 Å². The van der Waals surface area contributed by atoms with Gasteiger partial charge in [0.1, 0.15) is 21.5 Å². The molecule has 0 aromatic heterocycles. The van der Waals surface area contributed by atoms with Crippen molar-refractivity contribution in [2.24, 2.45) is 11.0 Å². The highest BCUT2D eigenvalue weighted by Crippen LogP contribution is 2.56. The number of anilines is 1. The number of fused-ring (bicyclic) bond motifs is 2. The van der Waals surface area contributed by atoms with Gasteiger partial charge in [-0.3, -0.25) is 4.79 Å². The molecular formula is C21H22F2N4OS. The van der Waals surface area contributed by atoms with E-state index in [-0.39, 0.29) is 17.4 Å². The summed E-state index contributed by atoms with van der Waals surface area (Å²) in [6, 6.07) is 11.1. The highest BCUT2D eigenvalue weighted by Gasteiger charge is 2.55.